The molecule has 0 aromatic heterocycles. The maximum atomic E-state index is 12.5. The Bertz CT molecular complexity index is 802. The summed E-state index contributed by atoms with van der Waals surface area (Å²) in [4.78, 5) is 2.54. The van der Waals surface area contributed by atoms with Crippen molar-refractivity contribution in [3.05, 3.63) is 54.1 Å². The van der Waals surface area contributed by atoms with Crippen LogP contribution in [0.1, 0.15) is 19.4 Å². The average Bonchev–Trinajstić information content (AvgIpc) is 2.63. The molecule has 1 unspecified atom stereocenters. The Kier molecular flexibility index (Phi) is 5.30. The molecule has 0 spiro atoms. The highest BCUT2D eigenvalue weighted by atomic mass is 32.2. The van der Waals surface area contributed by atoms with Crippen molar-refractivity contribution in [2.45, 2.75) is 31.2 Å². The third-order valence-electron chi connectivity index (χ3n) is 4.46. The number of nitrogens with zero attached hydrogens (tertiary/aromatic N) is 1. The number of nitrogens with one attached hydrogen (secondary N) is 1. The minimum atomic E-state index is -3.57. The van der Waals surface area contributed by atoms with Gasteiger partial charge in [0.2, 0.25) is 0 Å². The molecule has 0 aliphatic carbocycles. The van der Waals surface area contributed by atoms with E-state index in [1.807, 2.05) is 31.2 Å². The lowest BCUT2D eigenvalue weighted by Crippen LogP contribution is -2.43. The van der Waals surface area contributed by atoms with Gasteiger partial charge in [-0.25, -0.2) is 8.42 Å². The second-order valence-corrected chi connectivity index (χ2v) is 7.95. The van der Waals surface area contributed by atoms with E-state index < -0.39 is 10.0 Å². The van der Waals surface area contributed by atoms with E-state index in [9.17, 15) is 8.42 Å². The lowest BCUT2D eigenvalue weighted by Gasteiger charge is -2.35. The molecule has 1 saturated heterocycles. The van der Waals surface area contributed by atoms with Crippen molar-refractivity contribution < 1.29 is 13.2 Å². The van der Waals surface area contributed by atoms with E-state index in [2.05, 4.69) is 16.5 Å². The summed E-state index contributed by atoms with van der Waals surface area (Å²) >= 11 is 0. The van der Waals surface area contributed by atoms with Crippen molar-refractivity contribution in [1.82, 2.24) is 0 Å². The first-order valence-corrected chi connectivity index (χ1v) is 10.0. The predicted molar refractivity (Wildman–Crippen MR) is 101 cm³/mol. The molecule has 134 valence electrons. The molecule has 0 amide bonds. The van der Waals surface area contributed by atoms with Gasteiger partial charge in [-0.15, -0.1) is 0 Å². The monoisotopic (exact) mass is 360 g/mol. The van der Waals surface area contributed by atoms with Crippen LogP contribution in [0.25, 0.3) is 0 Å². The fourth-order valence-electron chi connectivity index (χ4n) is 2.95. The van der Waals surface area contributed by atoms with Crippen LogP contribution in [0, 0.1) is 0 Å². The molecule has 1 N–H and O–H groups in total. The number of ether oxygens (including phenoxy) is 1. The molecule has 2 aromatic carbocycles. The molecule has 0 saturated carbocycles. The number of benzene rings is 2. The summed E-state index contributed by atoms with van der Waals surface area (Å²) in [6.07, 6.45) is 0.884. The second kappa shape index (κ2) is 7.45. The number of rotatable bonds is 5. The predicted octanol–water partition coefficient (Wildman–Crippen LogP) is 3.27. The van der Waals surface area contributed by atoms with Crippen LogP contribution in [0.5, 0.6) is 0 Å². The third-order valence-corrected chi connectivity index (χ3v) is 5.86. The molecule has 1 heterocycles. The SMILES string of the molecule is CCc1ccc(S(=O)(=O)Nc2ccc(N3CCOCC3C)cc2)cc1. The van der Waals surface area contributed by atoms with Gasteiger partial charge in [0.1, 0.15) is 0 Å². The number of aryl methyl sites for hydroxylation is 1. The third kappa shape index (κ3) is 4.14. The summed E-state index contributed by atoms with van der Waals surface area (Å²) in [6, 6.07) is 14.8. The van der Waals surface area contributed by atoms with Gasteiger partial charge in [0.15, 0.2) is 0 Å². The van der Waals surface area contributed by atoms with Crippen molar-refractivity contribution in [3.8, 4) is 0 Å². The summed E-state index contributed by atoms with van der Waals surface area (Å²) in [6.45, 7) is 6.43. The molecule has 1 atom stereocenters. The summed E-state index contributed by atoms with van der Waals surface area (Å²) in [5.41, 5.74) is 2.75. The van der Waals surface area contributed by atoms with Gasteiger partial charge in [-0.1, -0.05) is 19.1 Å². The zero-order valence-electron chi connectivity index (χ0n) is 14.6. The highest BCUT2D eigenvalue weighted by Crippen LogP contribution is 2.23. The Labute approximate surface area is 149 Å². The van der Waals surface area contributed by atoms with Crippen LogP contribution in [0.2, 0.25) is 0 Å². The Balaban J connectivity index is 1.73. The van der Waals surface area contributed by atoms with Gasteiger partial charge in [0, 0.05) is 24.0 Å². The highest BCUT2D eigenvalue weighted by molar-refractivity contribution is 7.92. The fraction of sp³-hybridized carbons (Fsp3) is 0.368. The number of morpholine rings is 1. The van der Waals surface area contributed by atoms with Crippen molar-refractivity contribution in [2.75, 3.05) is 29.4 Å². The minimum absolute atomic E-state index is 0.274. The number of sulfonamides is 1. The van der Waals surface area contributed by atoms with Gasteiger partial charge in [0.25, 0.3) is 10.0 Å². The zero-order valence-corrected chi connectivity index (χ0v) is 15.4. The standard InChI is InChI=1S/C19H24N2O3S/c1-3-16-4-10-19(11-5-16)25(22,23)20-17-6-8-18(9-7-17)21-12-13-24-14-15(21)2/h4-11,15,20H,3,12-14H2,1-2H3. The first kappa shape index (κ1) is 17.8. The van der Waals surface area contributed by atoms with Crippen LogP contribution in [0.3, 0.4) is 0 Å². The van der Waals surface area contributed by atoms with Gasteiger partial charge in [-0.05, 0) is 55.3 Å². The second-order valence-electron chi connectivity index (χ2n) is 6.27. The molecule has 0 bridgehead atoms. The van der Waals surface area contributed by atoms with E-state index in [1.165, 1.54) is 0 Å². The molecular formula is C19H24N2O3S. The van der Waals surface area contributed by atoms with Crippen LogP contribution >= 0.6 is 0 Å². The lowest BCUT2D eigenvalue weighted by atomic mass is 10.2. The smallest absolute Gasteiger partial charge is 0.261 e. The van der Waals surface area contributed by atoms with Crippen molar-refractivity contribution in [2.24, 2.45) is 0 Å². The summed E-state index contributed by atoms with van der Waals surface area (Å²) in [5.74, 6) is 0. The van der Waals surface area contributed by atoms with Gasteiger partial charge < -0.3 is 9.64 Å². The molecular weight excluding hydrogens is 336 g/mol. The van der Waals surface area contributed by atoms with Crippen LogP contribution in [-0.4, -0.2) is 34.2 Å². The summed E-state index contributed by atoms with van der Waals surface area (Å²) in [7, 11) is -3.57. The molecule has 6 heteroatoms. The molecule has 1 aliphatic rings. The van der Waals surface area contributed by atoms with E-state index in [0.717, 1.165) is 24.2 Å². The lowest BCUT2D eigenvalue weighted by molar-refractivity contribution is 0.0989. The summed E-state index contributed by atoms with van der Waals surface area (Å²) in [5, 5.41) is 0. The van der Waals surface area contributed by atoms with E-state index in [0.29, 0.717) is 24.9 Å². The van der Waals surface area contributed by atoms with Gasteiger partial charge in [0.05, 0.1) is 18.1 Å². The van der Waals surface area contributed by atoms with E-state index >= 15 is 0 Å². The molecule has 2 aromatic rings. The minimum Gasteiger partial charge on any atom is -0.377 e. The normalized spacial score (nSPS) is 18.2. The van der Waals surface area contributed by atoms with E-state index in [4.69, 9.17) is 4.74 Å². The molecule has 1 aliphatic heterocycles. The molecule has 1 fully saturated rings. The molecule has 3 rings (SSSR count). The van der Waals surface area contributed by atoms with E-state index in [1.54, 1.807) is 24.3 Å². The first-order valence-electron chi connectivity index (χ1n) is 8.56. The topological polar surface area (TPSA) is 58.6 Å². The molecule has 5 nitrogen and oxygen atoms in total. The molecule has 25 heavy (non-hydrogen) atoms. The van der Waals surface area contributed by atoms with Crippen LogP contribution in [-0.2, 0) is 21.2 Å². The van der Waals surface area contributed by atoms with Crippen LogP contribution in [0.4, 0.5) is 11.4 Å². The summed E-state index contributed by atoms with van der Waals surface area (Å²) < 4.78 is 33.1. The largest absolute Gasteiger partial charge is 0.377 e. The Hall–Kier alpha value is -2.05. The fourth-order valence-corrected chi connectivity index (χ4v) is 4.01. The number of hydrogen-bond acceptors (Lipinski definition) is 4. The van der Waals surface area contributed by atoms with Crippen molar-refractivity contribution in [1.29, 1.82) is 0 Å². The molecule has 0 radical (unpaired) electrons. The van der Waals surface area contributed by atoms with Crippen molar-refractivity contribution >= 4 is 21.4 Å². The Morgan fingerprint density at radius 1 is 1.12 bits per heavy atom. The van der Waals surface area contributed by atoms with Gasteiger partial charge in [-0.3, -0.25) is 4.72 Å². The maximum absolute atomic E-state index is 12.5. The highest BCUT2D eigenvalue weighted by Gasteiger charge is 2.19. The van der Waals surface area contributed by atoms with Gasteiger partial charge >= 0.3 is 0 Å². The Morgan fingerprint density at radius 2 is 1.80 bits per heavy atom. The zero-order chi connectivity index (χ0) is 17.9. The van der Waals surface area contributed by atoms with Crippen LogP contribution in [0.15, 0.2) is 53.4 Å². The maximum Gasteiger partial charge on any atom is 0.261 e. The van der Waals surface area contributed by atoms with Gasteiger partial charge in [-0.2, -0.15) is 0 Å². The Morgan fingerprint density at radius 3 is 2.40 bits per heavy atom. The van der Waals surface area contributed by atoms with Crippen LogP contribution < -0.4 is 9.62 Å². The quantitative estimate of drug-likeness (QED) is 0.889. The number of anilines is 2. The number of hydrogen-bond donors (Lipinski definition) is 1. The van der Waals surface area contributed by atoms with Crippen molar-refractivity contribution in [3.63, 3.8) is 0 Å². The average molecular weight is 360 g/mol. The van der Waals surface area contributed by atoms with E-state index in [-0.39, 0.29) is 4.90 Å². The first-order chi connectivity index (χ1) is 12.0.